The fraction of sp³-hybridized carbons (Fsp3) is 0.542. The van der Waals surface area contributed by atoms with E-state index in [1.807, 2.05) is 6.07 Å². The average molecular weight is 386 g/mol. The summed E-state index contributed by atoms with van der Waals surface area (Å²) in [7, 11) is 0. The van der Waals surface area contributed by atoms with Crippen molar-refractivity contribution in [3.63, 3.8) is 0 Å². The molecule has 0 atom stereocenters. The maximum absolute atomic E-state index is 11.5. The number of ketones is 1. The zero-order valence-electron chi connectivity index (χ0n) is 17.3. The normalized spacial score (nSPS) is 10.9. The van der Waals surface area contributed by atoms with E-state index >= 15 is 0 Å². The van der Waals surface area contributed by atoms with Crippen LogP contribution in [0.3, 0.4) is 0 Å². The number of nitrogens with zero attached hydrogens (tertiary/aromatic N) is 1. The minimum Gasteiger partial charge on any atom is -0.372 e. The molecule has 0 radical (unpaired) electrons. The van der Waals surface area contributed by atoms with E-state index in [-0.39, 0.29) is 5.78 Å². The molecule has 2 nitrogen and oxygen atoms in total. The number of rotatable bonds is 13. The van der Waals surface area contributed by atoms with Crippen molar-refractivity contribution in [2.24, 2.45) is 0 Å². The second-order valence-corrected chi connectivity index (χ2v) is 8.46. The van der Waals surface area contributed by atoms with Crippen LogP contribution in [0.25, 0.3) is 10.4 Å². The maximum atomic E-state index is 11.5. The van der Waals surface area contributed by atoms with Crippen molar-refractivity contribution < 1.29 is 4.79 Å². The Labute approximate surface area is 169 Å². The summed E-state index contributed by atoms with van der Waals surface area (Å²) in [4.78, 5) is 16.1. The van der Waals surface area contributed by atoms with Crippen LogP contribution in [0.5, 0.6) is 0 Å². The highest BCUT2D eigenvalue weighted by Gasteiger charge is 2.09. The Morgan fingerprint density at radius 3 is 1.89 bits per heavy atom. The first kappa shape index (κ1) is 21.7. The Kier molecular flexibility index (Phi) is 9.61. The maximum Gasteiger partial charge on any atom is 0.169 e. The molecule has 1 heterocycles. The summed E-state index contributed by atoms with van der Waals surface area (Å²) in [5, 5.41) is 0. The summed E-state index contributed by atoms with van der Waals surface area (Å²) in [5.41, 5.74) is 2.53. The van der Waals surface area contributed by atoms with E-state index in [4.69, 9.17) is 0 Å². The van der Waals surface area contributed by atoms with Crippen LogP contribution < -0.4 is 4.90 Å². The van der Waals surface area contributed by atoms with Gasteiger partial charge in [-0.05, 0) is 49.6 Å². The van der Waals surface area contributed by atoms with E-state index in [0.717, 1.165) is 18.0 Å². The number of thiophene rings is 1. The zero-order chi connectivity index (χ0) is 19.5. The van der Waals surface area contributed by atoms with Gasteiger partial charge in [-0.2, -0.15) is 0 Å². The van der Waals surface area contributed by atoms with E-state index in [9.17, 15) is 4.79 Å². The Morgan fingerprint density at radius 2 is 1.41 bits per heavy atom. The van der Waals surface area contributed by atoms with E-state index < -0.39 is 0 Å². The quantitative estimate of drug-likeness (QED) is 0.261. The Hall–Kier alpha value is -1.61. The smallest absolute Gasteiger partial charge is 0.169 e. The highest BCUT2D eigenvalue weighted by atomic mass is 32.1. The lowest BCUT2D eigenvalue weighted by molar-refractivity contribution is 0.102. The monoisotopic (exact) mass is 385 g/mol. The lowest BCUT2D eigenvalue weighted by Gasteiger charge is -2.25. The van der Waals surface area contributed by atoms with Gasteiger partial charge in [-0.25, -0.2) is 0 Å². The van der Waals surface area contributed by atoms with Gasteiger partial charge in [0, 0.05) is 23.7 Å². The van der Waals surface area contributed by atoms with Crippen LogP contribution in [-0.2, 0) is 0 Å². The predicted molar refractivity (Wildman–Crippen MR) is 120 cm³/mol. The first-order chi connectivity index (χ1) is 13.2. The Morgan fingerprint density at radius 1 is 0.815 bits per heavy atom. The van der Waals surface area contributed by atoms with Crippen LogP contribution in [0, 0.1) is 0 Å². The van der Waals surface area contributed by atoms with Crippen molar-refractivity contribution in [2.45, 2.75) is 72.1 Å². The third-order valence-electron chi connectivity index (χ3n) is 5.03. The molecule has 0 bridgehead atoms. The second-order valence-electron chi connectivity index (χ2n) is 7.38. The van der Waals surface area contributed by atoms with Crippen molar-refractivity contribution in [1.82, 2.24) is 0 Å². The minimum atomic E-state index is 0.146. The van der Waals surface area contributed by atoms with E-state index in [2.05, 4.69) is 49.1 Å². The summed E-state index contributed by atoms with van der Waals surface area (Å²) in [6.07, 6.45) is 10.4. The molecular formula is C24H35NOS. The van der Waals surface area contributed by atoms with Crippen LogP contribution in [0.15, 0.2) is 36.4 Å². The van der Waals surface area contributed by atoms with E-state index in [1.165, 1.54) is 67.5 Å². The number of anilines is 1. The third kappa shape index (κ3) is 7.14. The van der Waals surface area contributed by atoms with Crippen LogP contribution in [0.2, 0.25) is 0 Å². The molecule has 3 heteroatoms. The van der Waals surface area contributed by atoms with Crippen LogP contribution >= 0.6 is 11.3 Å². The second kappa shape index (κ2) is 12.0. The van der Waals surface area contributed by atoms with Gasteiger partial charge in [-0.15, -0.1) is 11.3 Å². The molecule has 0 fully saturated rings. The summed E-state index contributed by atoms with van der Waals surface area (Å²) in [6.45, 7) is 8.47. The number of unbranched alkanes of at least 4 members (excludes halogenated alkanes) is 6. The number of hydrogen-bond acceptors (Lipinski definition) is 3. The lowest BCUT2D eigenvalue weighted by atomic mass is 10.1. The topological polar surface area (TPSA) is 20.3 Å². The standard InChI is InChI=1S/C24H35NOS/c1-4-6-8-10-18-25(19-11-9-7-5-2)22-14-12-21(13-15-22)24-17-16-23(27-24)20(3)26/h12-17H,4-11,18-19H2,1-3H3. The summed E-state index contributed by atoms with van der Waals surface area (Å²) in [5.74, 6) is 0.146. The molecular weight excluding hydrogens is 350 g/mol. The molecule has 27 heavy (non-hydrogen) atoms. The van der Waals surface area contributed by atoms with Gasteiger partial charge in [0.25, 0.3) is 0 Å². The van der Waals surface area contributed by atoms with Gasteiger partial charge >= 0.3 is 0 Å². The van der Waals surface area contributed by atoms with Gasteiger partial charge in [-0.3, -0.25) is 4.79 Å². The Balaban J connectivity index is 2.03. The van der Waals surface area contributed by atoms with E-state index in [0.29, 0.717) is 0 Å². The zero-order valence-corrected chi connectivity index (χ0v) is 18.1. The SMILES string of the molecule is CCCCCCN(CCCCCC)c1ccc(-c2ccc(C(C)=O)s2)cc1. The van der Waals surface area contributed by atoms with Crippen LogP contribution in [0.1, 0.15) is 81.8 Å². The summed E-state index contributed by atoms with van der Waals surface area (Å²) in [6, 6.07) is 12.9. The molecule has 0 aliphatic carbocycles. The number of benzene rings is 1. The molecule has 0 N–H and O–H groups in total. The number of Topliss-reactive ketones (excluding diaryl/α,β-unsaturated/α-hetero) is 1. The van der Waals surface area contributed by atoms with Gasteiger partial charge < -0.3 is 4.90 Å². The first-order valence-corrected chi connectivity index (χ1v) is 11.4. The van der Waals surface area contributed by atoms with Crippen molar-refractivity contribution >= 4 is 22.8 Å². The molecule has 0 aliphatic heterocycles. The third-order valence-corrected chi connectivity index (χ3v) is 6.27. The summed E-state index contributed by atoms with van der Waals surface area (Å²) < 4.78 is 0. The Bertz CT molecular complexity index is 662. The lowest BCUT2D eigenvalue weighted by Crippen LogP contribution is -2.25. The molecule has 0 aliphatic rings. The highest BCUT2D eigenvalue weighted by molar-refractivity contribution is 7.17. The molecule has 2 aromatic rings. The molecule has 0 amide bonds. The predicted octanol–water partition coefficient (Wildman–Crippen LogP) is 7.58. The summed E-state index contributed by atoms with van der Waals surface area (Å²) >= 11 is 1.58. The molecule has 2 rings (SSSR count). The van der Waals surface area contributed by atoms with Crippen molar-refractivity contribution in [1.29, 1.82) is 0 Å². The number of carbonyl (C=O) groups excluding carboxylic acids is 1. The van der Waals surface area contributed by atoms with E-state index in [1.54, 1.807) is 18.3 Å². The molecule has 1 aromatic heterocycles. The minimum absolute atomic E-state index is 0.146. The molecule has 1 aromatic carbocycles. The first-order valence-electron chi connectivity index (χ1n) is 10.6. The van der Waals surface area contributed by atoms with Crippen LogP contribution in [0.4, 0.5) is 5.69 Å². The van der Waals surface area contributed by atoms with Crippen molar-refractivity contribution in [3.8, 4) is 10.4 Å². The number of carbonyl (C=O) groups is 1. The van der Waals surface area contributed by atoms with Gasteiger partial charge in [0.1, 0.15) is 0 Å². The van der Waals surface area contributed by atoms with Gasteiger partial charge in [0.2, 0.25) is 0 Å². The van der Waals surface area contributed by atoms with Gasteiger partial charge in [0.05, 0.1) is 4.88 Å². The molecule has 0 saturated carbocycles. The van der Waals surface area contributed by atoms with Crippen molar-refractivity contribution in [2.75, 3.05) is 18.0 Å². The molecule has 0 saturated heterocycles. The fourth-order valence-electron chi connectivity index (χ4n) is 3.35. The van der Waals surface area contributed by atoms with Gasteiger partial charge in [-0.1, -0.05) is 64.5 Å². The highest BCUT2D eigenvalue weighted by Crippen LogP contribution is 2.30. The average Bonchev–Trinajstić information content (AvgIpc) is 3.17. The molecule has 0 unspecified atom stereocenters. The van der Waals surface area contributed by atoms with Crippen LogP contribution in [-0.4, -0.2) is 18.9 Å². The molecule has 148 valence electrons. The molecule has 0 spiro atoms. The van der Waals surface area contributed by atoms with Gasteiger partial charge in [0.15, 0.2) is 5.78 Å². The number of hydrogen-bond donors (Lipinski definition) is 0. The fourth-order valence-corrected chi connectivity index (χ4v) is 4.25. The van der Waals surface area contributed by atoms with Crippen molar-refractivity contribution in [3.05, 3.63) is 41.3 Å². The largest absolute Gasteiger partial charge is 0.372 e.